The van der Waals surface area contributed by atoms with Crippen LogP contribution in [0.3, 0.4) is 0 Å². The minimum Gasteiger partial charge on any atom is -0.488 e. The molecule has 3 aliphatic rings. The maximum Gasteiger partial charge on any atom is 0.223 e. The van der Waals surface area contributed by atoms with Gasteiger partial charge in [0.05, 0.1) is 19.3 Å². The van der Waals surface area contributed by atoms with E-state index in [1.165, 1.54) is 0 Å². The maximum absolute atomic E-state index is 14.4. The highest BCUT2D eigenvalue weighted by Gasteiger charge is 2.49. The highest BCUT2D eigenvalue weighted by Crippen LogP contribution is 2.45. The monoisotopic (exact) mass is 384 g/mol. The van der Waals surface area contributed by atoms with Crippen molar-refractivity contribution >= 4 is 11.6 Å². The second-order valence-electron chi connectivity index (χ2n) is 6.97. The summed E-state index contributed by atoms with van der Waals surface area (Å²) in [6, 6.07) is 7.08. The van der Waals surface area contributed by atoms with Gasteiger partial charge in [-0.25, -0.2) is 4.39 Å². The van der Waals surface area contributed by atoms with Crippen molar-refractivity contribution in [2.75, 3.05) is 19.8 Å². The van der Waals surface area contributed by atoms with E-state index in [2.05, 4.69) is 0 Å². The predicted molar refractivity (Wildman–Crippen MR) is 92.7 cm³/mol. The van der Waals surface area contributed by atoms with Crippen LogP contribution in [0.2, 0.25) is 5.02 Å². The van der Waals surface area contributed by atoms with Gasteiger partial charge in [0.1, 0.15) is 18.5 Å². The van der Waals surface area contributed by atoms with Gasteiger partial charge < -0.3 is 24.1 Å². The van der Waals surface area contributed by atoms with Crippen molar-refractivity contribution in [3.8, 4) is 5.75 Å². The Hall–Kier alpha value is -1.18. The molecule has 4 rings (SSSR count). The van der Waals surface area contributed by atoms with Gasteiger partial charge in [0.15, 0.2) is 6.29 Å². The van der Waals surface area contributed by atoms with Crippen molar-refractivity contribution in [3.05, 3.63) is 41.4 Å². The zero-order valence-electron chi connectivity index (χ0n) is 14.2. The van der Waals surface area contributed by atoms with Crippen LogP contribution in [0.15, 0.2) is 36.4 Å². The third-order valence-corrected chi connectivity index (χ3v) is 5.47. The van der Waals surface area contributed by atoms with Crippen LogP contribution < -0.4 is 4.74 Å². The molecule has 5 nitrogen and oxygen atoms in total. The number of benzene rings is 1. The lowest BCUT2D eigenvalue weighted by atomic mass is 9.91. The fourth-order valence-corrected chi connectivity index (χ4v) is 4.17. The lowest BCUT2D eigenvalue weighted by Crippen LogP contribution is -2.35. The number of rotatable bonds is 5. The Morgan fingerprint density at radius 1 is 1.31 bits per heavy atom. The Morgan fingerprint density at radius 2 is 2.12 bits per heavy atom. The molecule has 0 radical (unpaired) electrons. The van der Waals surface area contributed by atoms with Crippen LogP contribution in [0.5, 0.6) is 5.75 Å². The van der Waals surface area contributed by atoms with Gasteiger partial charge in [0.25, 0.3) is 0 Å². The van der Waals surface area contributed by atoms with E-state index in [0.717, 1.165) is 0 Å². The molecule has 2 saturated heterocycles. The average Bonchev–Trinajstić information content (AvgIpc) is 3.27. The first-order chi connectivity index (χ1) is 12.5. The topological polar surface area (TPSA) is 57.2 Å². The maximum atomic E-state index is 14.4. The van der Waals surface area contributed by atoms with E-state index >= 15 is 0 Å². The molecule has 0 bridgehead atoms. The zero-order chi connectivity index (χ0) is 18.1. The molecule has 2 aliphatic heterocycles. The minimum absolute atomic E-state index is 0.0245. The summed E-state index contributed by atoms with van der Waals surface area (Å²) in [6.45, 7) is 1.03. The Kier molecular flexibility index (Phi) is 5.21. The Balaban J connectivity index is 1.45. The van der Waals surface area contributed by atoms with Gasteiger partial charge in [-0.3, -0.25) is 0 Å². The molecule has 1 N–H and O–H groups in total. The number of fused-ring (bicyclic) bond motifs is 1. The van der Waals surface area contributed by atoms with Crippen LogP contribution in [0.25, 0.3) is 0 Å². The van der Waals surface area contributed by atoms with E-state index < -0.39 is 18.2 Å². The first-order valence-electron chi connectivity index (χ1n) is 8.88. The molecule has 7 heteroatoms. The van der Waals surface area contributed by atoms with Crippen LogP contribution in [-0.2, 0) is 14.2 Å². The average molecular weight is 385 g/mol. The van der Waals surface area contributed by atoms with Gasteiger partial charge in [-0.1, -0.05) is 23.7 Å². The Morgan fingerprint density at radius 3 is 2.88 bits per heavy atom. The van der Waals surface area contributed by atoms with Gasteiger partial charge in [0.2, 0.25) is 5.79 Å². The molecule has 142 valence electrons. The van der Waals surface area contributed by atoms with Gasteiger partial charge in [-0.2, -0.15) is 0 Å². The van der Waals surface area contributed by atoms with E-state index in [9.17, 15) is 9.50 Å². The molecular formula is C19H22ClFO5. The van der Waals surface area contributed by atoms with Crippen molar-refractivity contribution in [2.24, 2.45) is 11.8 Å². The summed E-state index contributed by atoms with van der Waals surface area (Å²) in [7, 11) is 0. The molecule has 3 fully saturated rings. The number of hydrogen-bond acceptors (Lipinski definition) is 5. The second kappa shape index (κ2) is 7.44. The molecule has 26 heavy (non-hydrogen) atoms. The lowest BCUT2D eigenvalue weighted by Gasteiger charge is -2.25. The highest BCUT2D eigenvalue weighted by atomic mass is 35.5. The SMILES string of the molecule is OC1C[C@@H]2[C@@H](/C=C/C3(COc4cccc(Cl)c4)OCCO3)[C@@H](F)C[C@@H]2O1. The van der Waals surface area contributed by atoms with Gasteiger partial charge in [-0.05, 0) is 30.2 Å². The fraction of sp³-hybridized carbons (Fsp3) is 0.579. The van der Waals surface area contributed by atoms with Crippen molar-refractivity contribution in [3.63, 3.8) is 0 Å². The van der Waals surface area contributed by atoms with Crippen molar-refractivity contribution in [2.45, 2.75) is 37.2 Å². The molecule has 1 aliphatic carbocycles. The molecule has 1 saturated carbocycles. The number of allylic oxidation sites excluding steroid dienone is 1. The molecule has 1 aromatic carbocycles. The molecule has 0 spiro atoms. The van der Waals surface area contributed by atoms with E-state index in [-0.39, 0.29) is 24.5 Å². The van der Waals surface area contributed by atoms with E-state index in [0.29, 0.717) is 36.8 Å². The van der Waals surface area contributed by atoms with Crippen molar-refractivity contribution < 1.29 is 28.4 Å². The zero-order valence-corrected chi connectivity index (χ0v) is 15.0. The molecule has 1 unspecified atom stereocenters. The largest absolute Gasteiger partial charge is 0.488 e. The summed E-state index contributed by atoms with van der Waals surface area (Å²) < 4.78 is 37.0. The quantitative estimate of drug-likeness (QED) is 0.790. The molecule has 1 aromatic rings. The van der Waals surface area contributed by atoms with Crippen LogP contribution in [-0.4, -0.2) is 49.3 Å². The molecule has 0 amide bonds. The number of ether oxygens (including phenoxy) is 4. The van der Waals surface area contributed by atoms with Crippen LogP contribution in [0, 0.1) is 11.8 Å². The minimum atomic E-state index is -1.04. The molecule has 2 heterocycles. The Bertz CT molecular complexity index is 663. The molecular weight excluding hydrogens is 363 g/mol. The van der Waals surface area contributed by atoms with Crippen LogP contribution in [0.4, 0.5) is 4.39 Å². The number of hydrogen-bond donors (Lipinski definition) is 1. The summed E-state index contributed by atoms with van der Waals surface area (Å²) in [4.78, 5) is 0. The summed E-state index contributed by atoms with van der Waals surface area (Å²) in [5.41, 5.74) is 0. The lowest BCUT2D eigenvalue weighted by molar-refractivity contribution is -0.139. The third-order valence-electron chi connectivity index (χ3n) is 5.24. The number of aliphatic hydroxyl groups excluding tert-OH is 1. The molecule has 5 atom stereocenters. The summed E-state index contributed by atoms with van der Waals surface area (Å²) in [5.74, 6) is -0.782. The van der Waals surface area contributed by atoms with E-state index in [1.807, 2.05) is 0 Å². The predicted octanol–water partition coefficient (Wildman–Crippen LogP) is 3.10. The van der Waals surface area contributed by atoms with Gasteiger partial charge in [0, 0.05) is 23.8 Å². The third kappa shape index (κ3) is 3.75. The van der Waals surface area contributed by atoms with Crippen LogP contribution in [0.1, 0.15) is 12.8 Å². The summed E-state index contributed by atoms with van der Waals surface area (Å²) in [5, 5.41) is 10.2. The molecule has 0 aromatic heterocycles. The summed E-state index contributed by atoms with van der Waals surface area (Å²) in [6.07, 6.45) is 2.28. The standard InChI is InChI=1S/C19H22ClFO5/c20-12-2-1-3-13(8-12)23-11-19(24-6-7-25-19)5-4-14-15-9-18(22)26-17(15)10-16(14)21/h1-5,8,14-18,22H,6-7,9-11H2/b5-4+/t14-,15-,16+,17+,18?/m1/s1. The van der Waals surface area contributed by atoms with Crippen LogP contribution >= 0.6 is 11.6 Å². The number of aliphatic hydroxyl groups is 1. The highest BCUT2D eigenvalue weighted by molar-refractivity contribution is 6.30. The Labute approximate surface area is 156 Å². The smallest absolute Gasteiger partial charge is 0.223 e. The summed E-state index contributed by atoms with van der Waals surface area (Å²) >= 11 is 5.97. The van der Waals surface area contributed by atoms with Crippen molar-refractivity contribution in [1.82, 2.24) is 0 Å². The first-order valence-corrected chi connectivity index (χ1v) is 9.26. The van der Waals surface area contributed by atoms with E-state index in [1.54, 1.807) is 36.4 Å². The normalized spacial score (nSPS) is 35.9. The van der Waals surface area contributed by atoms with E-state index in [4.69, 9.17) is 30.5 Å². The van der Waals surface area contributed by atoms with Gasteiger partial charge in [-0.15, -0.1) is 0 Å². The van der Waals surface area contributed by atoms with Crippen molar-refractivity contribution in [1.29, 1.82) is 0 Å². The van der Waals surface area contributed by atoms with Gasteiger partial charge >= 0.3 is 0 Å². The number of alkyl halides is 1. The second-order valence-corrected chi connectivity index (χ2v) is 7.41. The fourth-order valence-electron chi connectivity index (χ4n) is 3.99. The number of halogens is 2. The first kappa shape index (κ1) is 18.2.